The van der Waals surface area contributed by atoms with Gasteiger partial charge in [-0.1, -0.05) is 24.3 Å². The molecule has 0 bridgehead atoms. The number of aryl methyl sites for hydroxylation is 1. The number of hydrogen-bond donors (Lipinski definition) is 2. The molecule has 28 heavy (non-hydrogen) atoms. The highest BCUT2D eigenvalue weighted by Gasteiger charge is 2.33. The van der Waals surface area contributed by atoms with E-state index in [4.69, 9.17) is 4.74 Å². The van der Waals surface area contributed by atoms with E-state index in [2.05, 4.69) is 64.1 Å². The van der Waals surface area contributed by atoms with Gasteiger partial charge in [0.15, 0.2) is 5.96 Å². The molecule has 0 saturated carbocycles. The fourth-order valence-electron chi connectivity index (χ4n) is 3.75. The Morgan fingerprint density at radius 1 is 1.25 bits per heavy atom. The first-order chi connectivity index (χ1) is 13.4. The second kappa shape index (κ2) is 7.19. The minimum atomic E-state index is -0.232. The van der Waals surface area contributed by atoms with Crippen LogP contribution < -0.4 is 15.4 Å². The maximum atomic E-state index is 6.13. The van der Waals surface area contributed by atoms with E-state index in [1.54, 1.807) is 7.05 Å². The second-order valence-electron chi connectivity index (χ2n) is 7.85. The quantitative estimate of drug-likeness (QED) is 0.541. The third-order valence-electron chi connectivity index (χ3n) is 5.09. The van der Waals surface area contributed by atoms with Crippen LogP contribution in [0.3, 0.4) is 0 Å². The number of ether oxygens (including phenoxy) is 1. The number of fused-ring (bicyclic) bond motifs is 2. The van der Waals surface area contributed by atoms with Crippen molar-refractivity contribution >= 4 is 11.6 Å². The van der Waals surface area contributed by atoms with Crippen LogP contribution in [0.25, 0.3) is 5.65 Å². The van der Waals surface area contributed by atoms with Gasteiger partial charge in [-0.05, 0) is 39.0 Å². The molecule has 4 rings (SSSR count). The van der Waals surface area contributed by atoms with E-state index >= 15 is 0 Å². The van der Waals surface area contributed by atoms with E-state index in [9.17, 15) is 0 Å². The Labute approximate surface area is 165 Å². The second-order valence-corrected chi connectivity index (χ2v) is 7.85. The molecule has 1 aromatic carbocycles. The molecule has 1 unspecified atom stereocenters. The van der Waals surface area contributed by atoms with Gasteiger partial charge in [-0.2, -0.15) is 0 Å². The fraction of sp³-hybridized carbons (Fsp3) is 0.364. The smallest absolute Gasteiger partial charge is 0.191 e. The van der Waals surface area contributed by atoms with E-state index < -0.39 is 0 Å². The Morgan fingerprint density at radius 3 is 2.86 bits per heavy atom. The molecular formula is C22H27N5O. The molecule has 2 aromatic heterocycles. The van der Waals surface area contributed by atoms with Crippen molar-refractivity contribution in [2.24, 2.45) is 4.99 Å². The minimum Gasteiger partial charge on any atom is -0.487 e. The van der Waals surface area contributed by atoms with Crippen molar-refractivity contribution in [1.29, 1.82) is 0 Å². The Bertz CT molecular complexity index is 1020. The van der Waals surface area contributed by atoms with E-state index in [0.717, 1.165) is 35.0 Å². The lowest BCUT2D eigenvalue weighted by Crippen LogP contribution is -2.45. The van der Waals surface area contributed by atoms with Crippen molar-refractivity contribution < 1.29 is 4.74 Å². The van der Waals surface area contributed by atoms with E-state index in [1.165, 1.54) is 5.69 Å². The van der Waals surface area contributed by atoms with Gasteiger partial charge in [0, 0.05) is 30.9 Å². The third-order valence-corrected chi connectivity index (χ3v) is 5.09. The van der Waals surface area contributed by atoms with Gasteiger partial charge in [-0.15, -0.1) is 0 Å². The number of pyridine rings is 1. The van der Waals surface area contributed by atoms with Crippen LogP contribution in [0.2, 0.25) is 0 Å². The molecule has 146 valence electrons. The average molecular weight is 377 g/mol. The molecule has 2 N–H and O–H groups in total. The normalized spacial score (nSPS) is 18.4. The lowest BCUT2D eigenvalue weighted by molar-refractivity contribution is 0.0694. The number of para-hydroxylation sites is 1. The Balaban J connectivity index is 1.48. The number of nitrogens with zero attached hydrogens (tertiary/aromatic N) is 3. The zero-order chi connectivity index (χ0) is 19.7. The predicted octanol–water partition coefficient (Wildman–Crippen LogP) is 3.61. The van der Waals surface area contributed by atoms with Gasteiger partial charge in [0.05, 0.1) is 18.3 Å². The van der Waals surface area contributed by atoms with E-state index in [-0.39, 0.29) is 11.6 Å². The van der Waals surface area contributed by atoms with Crippen LogP contribution in [0, 0.1) is 6.92 Å². The van der Waals surface area contributed by atoms with Gasteiger partial charge in [-0.25, -0.2) is 4.98 Å². The van der Waals surface area contributed by atoms with Crippen molar-refractivity contribution in [3.05, 3.63) is 65.6 Å². The number of nitrogens with one attached hydrogen (secondary N) is 2. The standard InChI is InChI=1S/C22H27N5O/c1-15-8-7-11-20-25-16(14-27(15)20)13-24-21(23-4)26-18-12-22(2,3)28-19-10-6-5-9-17(18)19/h5-11,14,18H,12-13H2,1-4H3,(H2,23,24,26). The minimum absolute atomic E-state index is 0.134. The number of guanidine groups is 1. The summed E-state index contributed by atoms with van der Waals surface area (Å²) >= 11 is 0. The van der Waals surface area contributed by atoms with Gasteiger partial charge >= 0.3 is 0 Å². The van der Waals surface area contributed by atoms with Gasteiger partial charge in [-0.3, -0.25) is 4.99 Å². The van der Waals surface area contributed by atoms with Crippen molar-refractivity contribution in [3.63, 3.8) is 0 Å². The highest BCUT2D eigenvalue weighted by atomic mass is 16.5. The van der Waals surface area contributed by atoms with Crippen LogP contribution in [0.15, 0.2) is 53.7 Å². The van der Waals surface area contributed by atoms with Crippen LogP contribution >= 0.6 is 0 Å². The first kappa shape index (κ1) is 18.3. The van der Waals surface area contributed by atoms with Crippen LogP contribution in [0.5, 0.6) is 5.75 Å². The highest BCUT2D eigenvalue weighted by Crippen LogP contribution is 2.39. The summed E-state index contributed by atoms with van der Waals surface area (Å²) in [5.41, 5.74) is 4.03. The molecule has 0 saturated heterocycles. The Kier molecular flexibility index (Phi) is 4.71. The molecule has 6 nitrogen and oxygen atoms in total. The van der Waals surface area contributed by atoms with Gasteiger partial charge in [0.25, 0.3) is 0 Å². The molecule has 1 aliphatic rings. The monoisotopic (exact) mass is 377 g/mol. The molecule has 6 heteroatoms. The Hall–Kier alpha value is -3.02. The Morgan fingerprint density at radius 2 is 2.07 bits per heavy atom. The van der Waals surface area contributed by atoms with Crippen LogP contribution in [0.1, 0.15) is 43.3 Å². The maximum Gasteiger partial charge on any atom is 0.191 e. The van der Waals surface area contributed by atoms with Crippen molar-refractivity contribution in [1.82, 2.24) is 20.0 Å². The molecule has 0 radical (unpaired) electrons. The molecule has 3 heterocycles. The number of rotatable bonds is 3. The first-order valence-electron chi connectivity index (χ1n) is 9.64. The summed E-state index contributed by atoms with van der Waals surface area (Å²) in [4.78, 5) is 9.09. The summed E-state index contributed by atoms with van der Waals surface area (Å²) in [7, 11) is 1.79. The number of aliphatic imine (C=N–C) groups is 1. The number of benzene rings is 1. The molecule has 1 atom stereocenters. The lowest BCUT2D eigenvalue weighted by Gasteiger charge is -2.38. The van der Waals surface area contributed by atoms with Crippen molar-refractivity contribution in [3.8, 4) is 5.75 Å². The summed E-state index contributed by atoms with van der Waals surface area (Å²) in [5, 5.41) is 6.95. The van der Waals surface area contributed by atoms with Gasteiger partial charge in [0.1, 0.15) is 17.0 Å². The molecular weight excluding hydrogens is 350 g/mol. The highest BCUT2D eigenvalue weighted by molar-refractivity contribution is 5.80. The summed E-state index contributed by atoms with van der Waals surface area (Å²) in [6, 6.07) is 14.5. The molecule has 0 amide bonds. The predicted molar refractivity (Wildman–Crippen MR) is 112 cm³/mol. The molecule has 1 aliphatic heterocycles. The fourth-order valence-corrected chi connectivity index (χ4v) is 3.75. The van der Waals surface area contributed by atoms with E-state index in [1.807, 2.05) is 30.3 Å². The van der Waals surface area contributed by atoms with Crippen molar-refractivity contribution in [2.45, 2.75) is 45.4 Å². The molecule has 0 spiro atoms. The summed E-state index contributed by atoms with van der Waals surface area (Å²) in [6.07, 6.45) is 2.93. The van der Waals surface area contributed by atoms with Crippen LogP contribution in [0.4, 0.5) is 0 Å². The summed E-state index contributed by atoms with van der Waals surface area (Å²) in [6.45, 7) is 6.92. The van der Waals surface area contributed by atoms with Crippen molar-refractivity contribution in [2.75, 3.05) is 7.05 Å². The van der Waals surface area contributed by atoms with Gasteiger partial charge < -0.3 is 19.8 Å². The van der Waals surface area contributed by atoms with E-state index in [0.29, 0.717) is 6.54 Å². The largest absolute Gasteiger partial charge is 0.487 e. The molecule has 0 fully saturated rings. The molecule has 3 aromatic rings. The van der Waals surface area contributed by atoms with Crippen LogP contribution in [-0.4, -0.2) is 28.0 Å². The number of hydrogen-bond acceptors (Lipinski definition) is 3. The summed E-state index contributed by atoms with van der Waals surface area (Å²) < 4.78 is 8.23. The third kappa shape index (κ3) is 3.67. The van der Waals surface area contributed by atoms with Crippen LogP contribution in [-0.2, 0) is 6.54 Å². The maximum absolute atomic E-state index is 6.13. The lowest BCUT2D eigenvalue weighted by atomic mass is 9.90. The SMILES string of the molecule is CN=C(NCc1cn2c(C)cccc2n1)NC1CC(C)(C)Oc2ccccc21. The topological polar surface area (TPSA) is 63.0 Å². The zero-order valence-corrected chi connectivity index (χ0v) is 16.9. The average Bonchev–Trinajstić information content (AvgIpc) is 3.08. The first-order valence-corrected chi connectivity index (χ1v) is 9.64. The van der Waals surface area contributed by atoms with Gasteiger partial charge in [0.2, 0.25) is 0 Å². The zero-order valence-electron chi connectivity index (χ0n) is 16.9. The molecule has 0 aliphatic carbocycles. The number of imidazole rings is 1. The summed E-state index contributed by atoms with van der Waals surface area (Å²) in [5.74, 6) is 1.69. The number of aromatic nitrogens is 2.